The van der Waals surface area contributed by atoms with E-state index in [9.17, 15) is 4.79 Å². The maximum absolute atomic E-state index is 11.1. The number of carboxylic acids is 1. The second-order valence-electron chi connectivity index (χ2n) is 4.29. The molecule has 0 aliphatic rings. The average molecular weight is 288 g/mol. The Hall–Kier alpha value is -2.40. The summed E-state index contributed by atoms with van der Waals surface area (Å²) in [5.41, 5.74) is 2.62. The number of carbonyl (C=O) groups is 1. The third-order valence-corrected chi connectivity index (χ3v) is 3.18. The summed E-state index contributed by atoms with van der Waals surface area (Å²) < 4.78 is 1.74. The molecule has 0 saturated carbocycles. The highest BCUT2D eigenvalue weighted by atomic mass is 35.5. The van der Waals surface area contributed by atoms with Crippen LogP contribution in [0.5, 0.6) is 0 Å². The fourth-order valence-electron chi connectivity index (χ4n) is 2.12. The second-order valence-corrected chi connectivity index (χ2v) is 4.73. The third-order valence-electron chi connectivity index (χ3n) is 2.94. The number of pyridine rings is 2. The van der Waals surface area contributed by atoms with Crippen molar-refractivity contribution < 1.29 is 9.90 Å². The molecule has 0 unspecified atom stereocenters. The number of imidazole rings is 1. The molecule has 100 valence electrons. The van der Waals surface area contributed by atoms with Crippen molar-refractivity contribution in [3.05, 3.63) is 53.6 Å². The van der Waals surface area contributed by atoms with Crippen molar-refractivity contribution in [2.45, 2.75) is 6.42 Å². The van der Waals surface area contributed by atoms with E-state index in [1.807, 2.05) is 6.07 Å². The fraction of sp³-hybridized carbons (Fsp3) is 0.0714. The predicted octanol–water partition coefficient (Wildman–Crippen LogP) is 2.68. The normalized spacial score (nSPS) is 10.8. The molecule has 0 atom stereocenters. The highest BCUT2D eigenvalue weighted by Gasteiger charge is 2.16. The number of aliphatic carboxylic acids is 1. The van der Waals surface area contributed by atoms with Crippen LogP contribution in [0.15, 0.2) is 42.9 Å². The van der Waals surface area contributed by atoms with Gasteiger partial charge in [-0.15, -0.1) is 0 Å². The molecular formula is C14H10ClN3O2. The van der Waals surface area contributed by atoms with Gasteiger partial charge in [0.15, 0.2) is 0 Å². The summed E-state index contributed by atoms with van der Waals surface area (Å²) in [6.45, 7) is 0. The van der Waals surface area contributed by atoms with E-state index in [-0.39, 0.29) is 6.42 Å². The Bertz CT molecular complexity index is 784. The molecular weight excluding hydrogens is 278 g/mol. The molecule has 3 heterocycles. The monoisotopic (exact) mass is 287 g/mol. The largest absolute Gasteiger partial charge is 0.481 e. The molecule has 0 spiro atoms. The smallest absolute Gasteiger partial charge is 0.309 e. The molecule has 3 aromatic heterocycles. The predicted molar refractivity (Wildman–Crippen MR) is 74.8 cm³/mol. The van der Waals surface area contributed by atoms with Crippen LogP contribution in [0, 0.1) is 0 Å². The molecule has 0 aliphatic carbocycles. The summed E-state index contributed by atoms with van der Waals surface area (Å²) >= 11 is 5.95. The van der Waals surface area contributed by atoms with Gasteiger partial charge in [0, 0.05) is 35.2 Å². The highest BCUT2D eigenvalue weighted by Crippen LogP contribution is 2.25. The maximum atomic E-state index is 11.1. The molecule has 0 aromatic carbocycles. The number of nitrogens with zero attached hydrogens (tertiary/aromatic N) is 3. The minimum Gasteiger partial charge on any atom is -0.481 e. The number of hydrogen-bond acceptors (Lipinski definition) is 3. The standard InChI is InChI=1S/C14H10ClN3O2/c15-10-3-5-18-11(7-13(19)20)14(17-12(18)6-10)9-2-1-4-16-8-9/h1-6,8H,7H2,(H,19,20). The Morgan fingerprint density at radius 2 is 2.25 bits per heavy atom. The van der Waals surface area contributed by atoms with E-state index in [4.69, 9.17) is 16.7 Å². The molecule has 0 aliphatic heterocycles. The van der Waals surface area contributed by atoms with Gasteiger partial charge in [-0.1, -0.05) is 11.6 Å². The Labute approximate surface area is 119 Å². The topological polar surface area (TPSA) is 67.5 Å². The van der Waals surface area contributed by atoms with Crippen LogP contribution in [0.4, 0.5) is 0 Å². The first-order valence-corrected chi connectivity index (χ1v) is 6.31. The van der Waals surface area contributed by atoms with Crippen LogP contribution in [-0.2, 0) is 11.2 Å². The lowest BCUT2D eigenvalue weighted by atomic mass is 10.1. The van der Waals surface area contributed by atoms with Crippen molar-refractivity contribution in [1.29, 1.82) is 0 Å². The van der Waals surface area contributed by atoms with Gasteiger partial charge in [0.05, 0.1) is 17.8 Å². The SMILES string of the molecule is O=C(O)Cc1c(-c2cccnc2)nc2cc(Cl)ccn12. The van der Waals surface area contributed by atoms with Gasteiger partial charge in [0.1, 0.15) is 5.65 Å². The fourth-order valence-corrected chi connectivity index (χ4v) is 2.27. The average Bonchev–Trinajstić information content (AvgIpc) is 2.77. The molecule has 5 nitrogen and oxygen atoms in total. The van der Waals surface area contributed by atoms with Crippen molar-refractivity contribution in [1.82, 2.24) is 14.4 Å². The van der Waals surface area contributed by atoms with E-state index < -0.39 is 5.97 Å². The molecule has 20 heavy (non-hydrogen) atoms. The second kappa shape index (κ2) is 4.94. The maximum Gasteiger partial charge on any atom is 0.309 e. The first-order chi connectivity index (χ1) is 9.65. The molecule has 0 radical (unpaired) electrons. The molecule has 1 N–H and O–H groups in total. The lowest BCUT2D eigenvalue weighted by molar-refractivity contribution is -0.136. The summed E-state index contributed by atoms with van der Waals surface area (Å²) in [5.74, 6) is -0.910. The summed E-state index contributed by atoms with van der Waals surface area (Å²) in [6.07, 6.45) is 4.93. The molecule has 0 amide bonds. The molecule has 0 bridgehead atoms. The van der Waals surface area contributed by atoms with Gasteiger partial charge in [0.25, 0.3) is 0 Å². The number of carboxylic acid groups (broad SMARTS) is 1. The van der Waals surface area contributed by atoms with Crippen LogP contribution in [0.1, 0.15) is 5.69 Å². The van der Waals surface area contributed by atoms with Crippen LogP contribution in [0.3, 0.4) is 0 Å². The highest BCUT2D eigenvalue weighted by molar-refractivity contribution is 6.30. The lowest BCUT2D eigenvalue weighted by Gasteiger charge is -2.02. The summed E-state index contributed by atoms with van der Waals surface area (Å²) in [5, 5.41) is 9.65. The van der Waals surface area contributed by atoms with E-state index in [0.29, 0.717) is 22.1 Å². The Morgan fingerprint density at radius 1 is 1.40 bits per heavy atom. The van der Waals surface area contributed by atoms with Gasteiger partial charge in [0.2, 0.25) is 0 Å². The quantitative estimate of drug-likeness (QED) is 0.804. The van der Waals surface area contributed by atoms with Crippen LogP contribution in [0.25, 0.3) is 16.9 Å². The first-order valence-electron chi connectivity index (χ1n) is 5.94. The van der Waals surface area contributed by atoms with Crippen molar-refractivity contribution in [2.75, 3.05) is 0 Å². The van der Waals surface area contributed by atoms with Crippen molar-refractivity contribution >= 4 is 23.2 Å². The zero-order valence-electron chi connectivity index (χ0n) is 10.3. The van der Waals surface area contributed by atoms with Gasteiger partial charge >= 0.3 is 5.97 Å². The third kappa shape index (κ3) is 2.23. The number of rotatable bonds is 3. The Morgan fingerprint density at radius 3 is 2.95 bits per heavy atom. The summed E-state index contributed by atoms with van der Waals surface area (Å²) in [4.78, 5) is 19.6. The van der Waals surface area contributed by atoms with Crippen LogP contribution < -0.4 is 0 Å². The van der Waals surface area contributed by atoms with Crippen LogP contribution in [-0.4, -0.2) is 25.4 Å². The van der Waals surface area contributed by atoms with E-state index in [2.05, 4.69) is 9.97 Å². The Kier molecular flexibility index (Phi) is 3.12. The number of hydrogen-bond donors (Lipinski definition) is 1. The van der Waals surface area contributed by atoms with E-state index in [0.717, 1.165) is 5.56 Å². The van der Waals surface area contributed by atoms with E-state index in [1.165, 1.54) is 0 Å². The molecule has 0 fully saturated rings. The van der Waals surface area contributed by atoms with E-state index >= 15 is 0 Å². The zero-order chi connectivity index (χ0) is 14.1. The van der Waals surface area contributed by atoms with Crippen molar-refractivity contribution in [3.8, 4) is 11.3 Å². The van der Waals surface area contributed by atoms with Gasteiger partial charge in [-0.3, -0.25) is 9.78 Å². The van der Waals surface area contributed by atoms with Crippen LogP contribution >= 0.6 is 11.6 Å². The van der Waals surface area contributed by atoms with Crippen molar-refractivity contribution in [2.24, 2.45) is 0 Å². The summed E-state index contributed by atoms with van der Waals surface area (Å²) in [7, 11) is 0. The minimum absolute atomic E-state index is 0.118. The number of aromatic nitrogens is 3. The molecule has 3 aromatic rings. The summed E-state index contributed by atoms with van der Waals surface area (Å²) in [6, 6.07) is 7.04. The van der Waals surface area contributed by atoms with Crippen LogP contribution in [0.2, 0.25) is 5.02 Å². The minimum atomic E-state index is -0.910. The molecule has 6 heteroatoms. The van der Waals surface area contributed by atoms with E-state index in [1.54, 1.807) is 41.2 Å². The van der Waals surface area contributed by atoms with Gasteiger partial charge in [-0.05, 0) is 18.2 Å². The molecule has 3 rings (SSSR count). The van der Waals surface area contributed by atoms with Crippen molar-refractivity contribution in [3.63, 3.8) is 0 Å². The van der Waals surface area contributed by atoms with Gasteiger partial charge < -0.3 is 9.51 Å². The number of halogens is 1. The first kappa shape index (κ1) is 12.6. The van der Waals surface area contributed by atoms with Gasteiger partial charge in [-0.25, -0.2) is 4.98 Å². The van der Waals surface area contributed by atoms with Gasteiger partial charge in [-0.2, -0.15) is 0 Å². The zero-order valence-corrected chi connectivity index (χ0v) is 11.1. The molecule has 0 saturated heterocycles. The Balaban J connectivity index is 2.27. The number of fused-ring (bicyclic) bond motifs is 1. The lowest BCUT2D eigenvalue weighted by Crippen LogP contribution is -2.04.